The van der Waals surface area contributed by atoms with Gasteiger partial charge in [0.1, 0.15) is 5.82 Å². The molecule has 5 heteroatoms. The summed E-state index contributed by atoms with van der Waals surface area (Å²) in [6, 6.07) is 0. The number of primary amides is 1. The maximum absolute atomic E-state index is 11.5. The maximum atomic E-state index is 11.5. The topological polar surface area (TPSA) is 64.2 Å². The number of carbonyl (C=O) groups is 1. The molecule has 0 aromatic carbocycles. The summed E-state index contributed by atoms with van der Waals surface area (Å²) in [6.45, 7) is 8.91. The summed E-state index contributed by atoms with van der Waals surface area (Å²) < 4.78 is 2.10. The van der Waals surface area contributed by atoms with Gasteiger partial charge in [-0.3, -0.25) is 9.69 Å². The summed E-state index contributed by atoms with van der Waals surface area (Å²) in [7, 11) is 2.03. The van der Waals surface area contributed by atoms with Crippen molar-refractivity contribution in [2.45, 2.75) is 33.9 Å². The van der Waals surface area contributed by atoms with Crippen LogP contribution in [0, 0.1) is 5.41 Å². The molecular weight excluding hydrogens is 240 g/mol. The number of hydrogen-bond acceptors (Lipinski definition) is 3. The van der Waals surface area contributed by atoms with E-state index >= 15 is 0 Å². The highest BCUT2D eigenvalue weighted by atomic mass is 16.1. The van der Waals surface area contributed by atoms with E-state index in [1.54, 1.807) is 0 Å². The van der Waals surface area contributed by atoms with Crippen LogP contribution in [0.15, 0.2) is 6.08 Å². The third-order valence-electron chi connectivity index (χ3n) is 3.19. The van der Waals surface area contributed by atoms with Crippen LogP contribution in [0.3, 0.4) is 0 Å². The van der Waals surface area contributed by atoms with E-state index in [1.807, 2.05) is 13.1 Å². The molecule has 104 valence electrons. The fraction of sp³-hybridized carbons (Fsp3) is 0.571. The molecule has 2 heterocycles. The van der Waals surface area contributed by atoms with E-state index in [4.69, 9.17) is 5.73 Å². The van der Waals surface area contributed by atoms with Gasteiger partial charge >= 0.3 is 0 Å². The second-order valence-electron chi connectivity index (χ2n) is 6.22. The van der Waals surface area contributed by atoms with Gasteiger partial charge in [0.25, 0.3) is 5.91 Å². The molecule has 0 unspecified atom stereocenters. The van der Waals surface area contributed by atoms with Crippen LogP contribution in [0.25, 0.3) is 6.08 Å². The number of likely N-dealkylation sites (N-methyl/N-ethyl adjacent to an activating group) is 1. The molecule has 0 radical (unpaired) electrons. The molecule has 0 spiro atoms. The van der Waals surface area contributed by atoms with Crippen molar-refractivity contribution in [1.82, 2.24) is 14.5 Å². The monoisotopic (exact) mass is 262 g/mol. The lowest BCUT2D eigenvalue weighted by molar-refractivity contribution is 0.0993. The van der Waals surface area contributed by atoms with Gasteiger partial charge in [-0.15, -0.1) is 0 Å². The van der Waals surface area contributed by atoms with Crippen molar-refractivity contribution in [3.63, 3.8) is 0 Å². The van der Waals surface area contributed by atoms with Crippen molar-refractivity contribution < 1.29 is 4.79 Å². The van der Waals surface area contributed by atoms with E-state index in [9.17, 15) is 4.79 Å². The number of fused-ring (bicyclic) bond motifs is 1. The molecule has 0 atom stereocenters. The summed E-state index contributed by atoms with van der Waals surface area (Å²) in [6.07, 6.45) is 4.09. The van der Waals surface area contributed by atoms with Crippen LogP contribution < -0.4 is 5.73 Å². The number of rotatable bonds is 2. The molecule has 2 N–H and O–H groups in total. The van der Waals surface area contributed by atoms with E-state index in [-0.39, 0.29) is 5.41 Å². The number of allylic oxidation sites excluding steroid dienone is 1. The zero-order valence-corrected chi connectivity index (χ0v) is 12.1. The number of nitrogens with two attached hydrogens (primary N) is 1. The first-order valence-electron chi connectivity index (χ1n) is 6.55. The third-order valence-corrected chi connectivity index (χ3v) is 3.19. The first kappa shape index (κ1) is 13.8. The highest BCUT2D eigenvalue weighted by Crippen LogP contribution is 2.21. The van der Waals surface area contributed by atoms with Crippen molar-refractivity contribution in [2.24, 2.45) is 11.1 Å². The Balaban J connectivity index is 2.43. The van der Waals surface area contributed by atoms with Crippen LogP contribution in [-0.4, -0.2) is 34.0 Å². The van der Waals surface area contributed by atoms with E-state index in [0.717, 1.165) is 24.6 Å². The van der Waals surface area contributed by atoms with Crippen molar-refractivity contribution in [1.29, 1.82) is 0 Å². The lowest BCUT2D eigenvalue weighted by Gasteiger charge is -2.25. The zero-order chi connectivity index (χ0) is 14.2. The smallest absolute Gasteiger partial charge is 0.269 e. The third kappa shape index (κ3) is 3.04. The quantitative estimate of drug-likeness (QED) is 0.878. The van der Waals surface area contributed by atoms with Gasteiger partial charge in [0, 0.05) is 19.6 Å². The molecule has 0 aliphatic carbocycles. The minimum absolute atomic E-state index is 0.0880. The number of imidazole rings is 1. The first-order valence-corrected chi connectivity index (χ1v) is 6.55. The SMILES string of the molecule is CN1CCn2c(/C=C/C(C)(C)C)nc(C(N)=O)c2C1. The molecule has 1 aromatic rings. The molecule has 0 fully saturated rings. The van der Waals surface area contributed by atoms with Gasteiger partial charge in [-0.2, -0.15) is 0 Å². The molecular formula is C14H22N4O. The summed E-state index contributed by atoms with van der Waals surface area (Å²) in [4.78, 5) is 18.1. The number of carbonyl (C=O) groups excluding carboxylic acids is 1. The molecule has 0 saturated heterocycles. The van der Waals surface area contributed by atoms with Crippen LogP contribution in [0.2, 0.25) is 0 Å². The average Bonchev–Trinajstić information content (AvgIpc) is 2.63. The van der Waals surface area contributed by atoms with E-state index < -0.39 is 5.91 Å². The Hall–Kier alpha value is -1.62. The van der Waals surface area contributed by atoms with Crippen LogP contribution in [0.5, 0.6) is 0 Å². The number of nitrogens with zero attached hydrogens (tertiary/aromatic N) is 3. The van der Waals surface area contributed by atoms with Crippen LogP contribution in [-0.2, 0) is 13.1 Å². The number of amides is 1. The molecule has 19 heavy (non-hydrogen) atoms. The Labute approximate surface area is 114 Å². The molecule has 1 amide bonds. The van der Waals surface area contributed by atoms with Gasteiger partial charge in [-0.05, 0) is 18.5 Å². The second-order valence-corrected chi connectivity index (χ2v) is 6.22. The van der Waals surface area contributed by atoms with Crippen molar-refractivity contribution >= 4 is 12.0 Å². The average molecular weight is 262 g/mol. The van der Waals surface area contributed by atoms with E-state index in [0.29, 0.717) is 12.2 Å². The van der Waals surface area contributed by atoms with Gasteiger partial charge in [0.05, 0.1) is 5.69 Å². The fourth-order valence-electron chi connectivity index (χ4n) is 2.17. The van der Waals surface area contributed by atoms with E-state index in [2.05, 4.69) is 41.3 Å². The van der Waals surface area contributed by atoms with Gasteiger partial charge < -0.3 is 10.3 Å². The van der Waals surface area contributed by atoms with Crippen molar-refractivity contribution in [2.75, 3.05) is 13.6 Å². The zero-order valence-electron chi connectivity index (χ0n) is 12.1. The number of hydrogen-bond donors (Lipinski definition) is 1. The minimum Gasteiger partial charge on any atom is -0.364 e. The Morgan fingerprint density at radius 3 is 2.63 bits per heavy atom. The second kappa shape index (κ2) is 4.81. The highest BCUT2D eigenvalue weighted by molar-refractivity contribution is 5.92. The molecule has 0 bridgehead atoms. The van der Waals surface area contributed by atoms with Gasteiger partial charge in [0.15, 0.2) is 5.69 Å². The van der Waals surface area contributed by atoms with Crippen LogP contribution >= 0.6 is 0 Å². The maximum Gasteiger partial charge on any atom is 0.269 e. The highest BCUT2D eigenvalue weighted by Gasteiger charge is 2.24. The van der Waals surface area contributed by atoms with Crippen molar-refractivity contribution in [3.8, 4) is 0 Å². The first-order chi connectivity index (χ1) is 8.78. The Morgan fingerprint density at radius 1 is 1.37 bits per heavy atom. The molecule has 1 aliphatic heterocycles. The largest absolute Gasteiger partial charge is 0.364 e. The van der Waals surface area contributed by atoms with Gasteiger partial charge in [0.2, 0.25) is 0 Å². The Kier molecular flexibility index (Phi) is 3.49. The lowest BCUT2D eigenvalue weighted by Crippen LogP contribution is -2.32. The molecule has 2 rings (SSSR count). The molecule has 5 nitrogen and oxygen atoms in total. The predicted molar refractivity (Wildman–Crippen MR) is 75.6 cm³/mol. The predicted octanol–water partition coefficient (Wildman–Crippen LogP) is 1.49. The van der Waals surface area contributed by atoms with Crippen LogP contribution in [0.4, 0.5) is 0 Å². The summed E-state index contributed by atoms with van der Waals surface area (Å²) in [5.41, 5.74) is 6.84. The number of aromatic nitrogens is 2. The molecule has 1 aromatic heterocycles. The van der Waals surface area contributed by atoms with Gasteiger partial charge in [-0.25, -0.2) is 4.98 Å². The minimum atomic E-state index is -0.450. The Morgan fingerprint density at radius 2 is 2.05 bits per heavy atom. The normalized spacial score (nSPS) is 16.8. The fourth-order valence-corrected chi connectivity index (χ4v) is 2.17. The molecule has 0 saturated carbocycles. The Bertz CT molecular complexity index is 522. The lowest BCUT2D eigenvalue weighted by atomic mass is 9.96. The summed E-state index contributed by atoms with van der Waals surface area (Å²) in [5.74, 6) is 0.376. The van der Waals surface area contributed by atoms with Crippen LogP contribution in [0.1, 0.15) is 42.8 Å². The van der Waals surface area contributed by atoms with E-state index in [1.165, 1.54) is 0 Å². The summed E-state index contributed by atoms with van der Waals surface area (Å²) >= 11 is 0. The summed E-state index contributed by atoms with van der Waals surface area (Å²) in [5, 5.41) is 0. The standard InChI is InChI=1S/C14H22N4O/c1-14(2,3)6-5-11-16-12(13(15)19)10-9-17(4)7-8-18(10)11/h5-6H,7-9H2,1-4H3,(H2,15,19)/b6-5+. The van der Waals surface area contributed by atoms with Gasteiger partial charge in [-0.1, -0.05) is 26.8 Å². The van der Waals surface area contributed by atoms with Crippen molar-refractivity contribution in [3.05, 3.63) is 23.3 Å². The molecule has 1 aliphatic rings.